The van der Waals surface area contributed by atoms with E-state index in [1.807, 2.05) is 34.6 Å². The minimum atomic E-state index is -1.65. The van der Waals surface area contributed by atoms with Gasteiger partial charge in [0.1, 0.15) is 58.9 Å². The van der Waals surface area contributed by atoms with E-state index >= 15 is 0 Å². The summed E-state index contributed by atoms with van der Waals surface area (Å²) in [4.78, 5) is 166. The molecule has 2 aliphatic rings. The zero-order valence-corrected chi connectivity index (χ0v) is 51.8. The summed E-state index contributed by atoms with van der Waals surface area (Å²) >= 11 is 0. The molecule has 25 nitrogen and oxygen atoms in total. The van der Waals surface area contributed by atoms with Crippen molar-refractivity contribution in [2.45, 2.75) is 240 Å². The second-order valence-electron chi connectivity index (χ2n) is 25.1. The standard InChI is InChI=1S/C57H100N12O13/c1-18-33(9)43(49(77)59-37(28-30(3)4)46(74)66-56(14,15)53(81)68-26-20-22-39(68)47(75)60-38(29-70)31(5)6)64-48(76)40-23-21-27-69(40)54(82)57(16,17)67-51(79)42(32(7)8)62-50(78)44(34(10)19-2)63-45(73)36(24-25-41(58)72)61-52(80)55(12,13)65-35(11)71/h30-34,36-40,42-44,70H,18-29H2,1-17H3,(H2,58,72)(H,59,77)(H,60,75)(H,61,80)(H,62,78)(H,63,73)(H,64,76)(H,65,71)(H,66,74)(H,67,79)/t33-,34+,36-,37-,38+,39-,40-,42-,43-,44-/m0/s1. The van der Waals surface area contributed by atoms with Crippen molar-refractivity contribution in [1.82, 2.24) is 57.7 Å². The second kappa shape index (κ2) is 31.3. The first-order valence-electron chi connectivity index (χ1n) is 29.1. The predicted octanol–water partition coefficient (Wildman–Crippen LogP) is 0.290. The fourth-order valence-electron chi connectivity index (χ4n) is 9.91. The third-order valence-corrected chi connectivity index (χ3v) is 15.4. The van der Waals surface area contributed by atoms with Crippen molar-refractivity contribution in [3.05, 3.63) is 0 Å². The Morgan fingerprint density at radius 3 is 1.41 bits per heavy atom. The summed E-state index contributed by atoms with van der Waals surface area (Å²) in [6.07, 6.45) is 2.05. The number of likely N-dealkylation sites (tertiary alicyclic amines) is 2. The molecule has 10 atom stereocenters. The van der Waals surface area contributed by atoms with Crippen molar-refractivity contribution >= 4 is 70.9 Å². The van der Waals surface area contributed by atoms with Crippen LogP contribution in [0.5, 0.6) is 0 Å². The normalized spacial score (nSPS) is 18.6. The van der Waals surface area contributed by atoms with E-state index in [1.54, 1.807) is 34.6 Å². The van der Waals surface area contributed by atoms with Crippen LogP contribution in [0.3, 0.4) is 0 Å². The van der Waals surface area contributed by atoms with Gasteiger partial charge in [-0.15, -0.1) is 0 Å². The Morgan fingerprint density at radius 2 is 0.988 bits per heavy atom. The summed E-state index contributed by atoms with van der Waals surface area (Å²) in [6.45, 7) is 28.0. The summed E-state index contributed by atoms with van der Waals surface area (Å²) in [5.74, 6) is -9.48. The number of aliphatic hydroxyl groups is 1. The average molecular weight is 1160 g/mol. The third kappa shape index (κ3) is 20.5. The number of hydrogen-bond acceptors (Lipinski definition) is 13. The van der Waals surface area contributed by atoms with Gasteiger partial charge in [-0.05, 0) is 110 Å². The third-order valence-electron chi connectivity index (χ3n) is 15.4. The first-order valence-corrected chi connectivity index (χ1v) is 29.1. The SMILES string of the molecule is CC[C@@H](C)[C@H](NC(=O)[C@H](CCC(N)=O)NC(=O)C(C)(C)NC(C)=O)C(=O)N[C@H](C(=O)NC(C)(C)C(=O)N1CCC[C@H]1C(=O)N[C@H](C(=O)N[C@@H](CC(C)C)C(=O)NC(C)(C)C(=O)N1CCC[C@H]1C(=O)N[C@H](CO)C(C)C)[C@@H](C)CC)C(C)C. The Hall–Kier alpha value is -6.40. The molecule has 0 bridgehead atoms. The largest absolute Gasteiger partial charge is 0.394 e. The topological polar surface area (TPSA) is 366 Å². The van der Waals surface area contributed by atoms with Crippen LogP contribution in [0.15, 0.2) is 0 Å². The molecule has 0 aliphatic carbocycles. The van der Waals surface area contributed by atoms with Crippen molar-refractivity contribution in [1.29, 1.82) is 0 Å². The van der Waals surface area contributed by atoms with E-state index in [2.05, 4.69) is 47.9 Å². The van der Waals surface area contributed by atoms with Crippen LogP contribution in [-0.2, 0) is 57.5 Å². The van der Waals surface area contributed by atoms with Crippen LogP contribution in [0.4, 0.5) is 0 Å². The highest BCUT2D eigenvalue weighted by molar-refractivity contribution is 6.01. The van der Waals surface area contributed by atoms with Crippen molar-refractivity contribution in [2.75, 3.05) is 19.7 Å². The molecule has 466 valence electrons. The van der Waals surface area contributed by atoms with Crippen molar-refractivity contribution < 1.29 is 62.6 Å². The number of carbonyl (C=O) groups is 12. The summed E-state index contributed by atoms with van der Waals surface area (Å²) in [7, 11) is 0. The van der Waals surface area contributed by atoms with Gasteiger partial charge in [-0.25, -0.2) is 0 Å². The Labute approximate surface area is 485 Å². The summed E-state index contributed by atoms with van der Waals surface area (Å²) < 4.78 is 0. The van der Waals surface area contributed by atoms with Gasteiger partial charge in [-0.3, -0.25) is 57.5 Å². The molecule has 0 radical (unpaired) electrons. The van der Waals surface area contributed by atoms with Gasteiger partial charge >= 0.3 is 0 Å². The Kier molecular flexibility index (Phi) is 27.4. The zero-order valence-electron chi connectivity index (χ0n) is 51.8. The van der Waals surface area contributed by atoms with Crippen molar-refractivity contribution in [3.8, 4) is 0 Å². The van der Waals surface area contributed by atoms with E-state index in [0.717, 1.165) is 0 Å². The van der Waals surface area contributed by atoms with E-state index in [4.69, 9.17) is 5.73 Å². The van der Waals surface area contributed by atoms with Gasteiger partial charge in [0.15, 0.2) is 0 Å². The van der Waals surface area contributed by atoms with Crippen LogP contribution in [-0.4, -0.2) is 170 Å². The van der Waals surface area contributed by atoms with Crippen molar-refractivity contribution in [3.63, 3.8) is 0 Å². The van der Waals surface area contributed by atoms with Gasteiger partial charge < -0.3 is 68.5 Å². The van der Waals surface area contributed by atoms with Crippen molar-refractivity contribution in [2.24, 2.45) is 35.3 Å². The van der Waals surface area contributed by atoms with Gasteiger partial charge in [-0.2, -0.15) is 0 Å². The highest BCUT2D eigenvalue weighted by Crippen LogP contribution is 2.25. The molecule has 82 heavy (non-hydrogen) atoms. The van der Waals surface area contributed by atoms with Crippen LogP contribution in [0.25, 0.3) is 0 Å². The molecule has 25 heteroatoms. The molecule has 0 aromatic rings. The van der Waals surface area contributed by atoms with Gasteiger partial charge in [0.25, 0.3) is 0 Å². The van der Waals surface area contributed by atoms with Gasteiger partial charge in [-0.1, -0.05) is 82.1 Å². The maximum Gasteiger partial charge on any atom is 0.248 e. The lowest BCUT2D eigenvalue weighted by Gasteiger charge is -2.36. The number of carbonyl (C=O) groups excluding carboxylic acids is 12. The number of nitrogens with two attached hydrogens (primary N) is 1. The van der Waals surface area contributed by atoms with E-state index in [1.165, 1.54) is 58.3 Å². The van der Waals surface area contributed by atoms with Crippen LogP contribution in [0, 0.1) is 29.6 Å². The number of amides is 12. The molecule has 0 saturated carbocycles. The Morgan fingerprint density at radius 1 is 0.537 bits per heavy atom. The number of primary amides is 1. The number of nitrogens with one attached hydrogen (secondary N) is 9. The summed E-state index contributed by atoms with van der Waals surface area (Å²) in [5, 5.41) is 34.3. The molecule has 2 aliphatic heterocycles. The second-order valence-corrected chi connectivity index (χ2v) is 25.1. The number of aliphatic hydroxyl groups excluding tert-OH is 1. The predicted molar refractivity (Wildman–Crippen MR) is 307 cm³/mol. The molecule has 0 aromatic carbocycles. The van der Waals surface area contributed by atoms with Gasteiger partial charge in [0, 0.05) is 26.4 Å². The maximum atomic E-state index is 14.5. The highest BCUT2D eigenvalue weighted by atomic mass is 16.3. The molecule has 2 saturated heterocycles. The number of nitrogens with zero attached hydrogens (tertiary/aromatic N) is 2. The van der Waals surface area contributed by atoms with Crippen LogP contribution >= 0.6 is 0 Å². The smallest absolute Gasteiger partial charge is 0.248 e. The summed E-state index contributed by atoms with van der Waals surface area (Å²) in [6, 6.07) is -8.54. The molecule has 2 rings (SSSR count). The molecule has 0 spiro atoms. The molecular formula is C57H100N12O13. The molecule has 2 heterocycles. The lowest BCUT2D eigenvalue weighted by atomic mass is 9.95. The lowest BCUT2D eigenvalue weighted by molar-refractivity contribution is -0.146. The van der Waals surface area contributed by atoms with Gasteiger partial charge in [0.05, 0.1) is 12.6 Å². The molecule has 2 fully saturated rings. The first-order chi connectivity index (χ1) is 37.9. The fourth-order valence-corrected chi connectivity index (χ4v) is 9.91. The number of rotatable bonds is 31. The van der Waals surface area contributed by atoms with Crippen LogP contribution < -0.4 is 53.6 Å². The minimum Gasteiger partial charge on any atom is -0.394 e. The van der Waals surface area contributed by atoms with E-state index in [0.29, 0.717) is 32.1 Å². The highest BCUT2D eigenvalue weighted by Gasteiger charge is 2.46. The van der Waals surface area contributed by atoms with E-state index in [9.17, 15) is 62.6 Å². The first kappa shape index (κ1) is 71.7. The molecule has 12 N–H and O–H groups in total. The van der Waals surface area contributed by atoms with Crippen LogP contribution in [0.2, 0.25) is 0 Å². The maximum absolute atomic E-state index is 14.5. The monoisotopic (exact) mass is 1160 g/mol. The minimum absolute atomic E-state index is 0.0533. The fraction of sp³-hybridized carbons (Fsp3) is 0.789. The van der Waals surface area contributed by atoms with E-state index in [-0.39, 0.29) is 57.2 Å². The number of hydrogen-bond donors (Lipinski definition) is 11. The van der Waals surface area contributed by atoms with E-state index < -0.39 is 154 Å². The Balaban J connectivity index is 2.31. The van der Waals surface area contributed by atoms with Gasteiger partial charge in [0.2, 0.25) is 70.9 Å². The molecular weight excluding hydrogens is 1060 g/mol. The zero-order chi connectivity index (χ0) is 62.9. The lowest BCUT2D eigenvalue weighted by Crippen LogP contribution is -2.64. The Bertz CT molecular complexity index is 2300. The molecule has 0 unspecified atom stereocenters. The molecule has 12 amide bonds. The summed E-state index contributed by atoms with van der Waals surface area (Å²) in [5.41, 5.74) is 0.749. The average Bonchev–Trinajstić information content (AvgIpc) is 4.29. The quantitative estimate of drug-likeness (QED) is 0.0445. The van der Waals surface area contributed by atoms with Crippen LogP contribution in [0.1, 0.15) is 175 Å². The molecule has 0 aromatic heterocycles.